The van der Waals surface area contributed by atoms with Crippen molar-refractivity contribution in [2.24, 2.45) is 17.8 Å². The summed E-state index contributed by atoms with van der Waals surface area (Å²) in [6.07, 6.45) is 0.0399. The van der Waals surface area contributed by atoms with Gasteiger partial charge in [-0.3, -0.25) is 9.59 Å². The van der Waals surface area contributed by atoms with Crippen LogP contribution in [0.15, 0.2) is 90.0 Å². The van der Waals surface area contributed by atoms with Crippen molar-refractivity contribution in [3.8, 4) is 11.5 Å². The van der Waals surface area contributed by atoms with Crippen LogP contribution < -0.4 is 4.74 Å². The predicted molar refractivity (Wildman–Crippen MR) is 163 cm³/mol. The summed E-state index contributed by atoms with van der Waals surface area (Å²) < 4.78 is 24.8. The highest BCUT2D eigenvalue weighted by molar-refractivity contribution is 6.16. The minimum atomic E-state index is -1.16. The molecule has 1 aliphatic heterocycles. The quantitative estimate of drug-likeness (QED) is 0.166. The Morgan fingerprint density at radius 2 is 1.73 bits per heavy atom. The lowest BCUT2D eigenvalue weighted by Crippen LogP contribution is -2.40. The highest BCUT2D eigenvalue weighted by Crippen LogP contribution is 2.46. The van der Waals surface area contributed by atoms with Gasteiger partial charge in [0.25, 0.3) is 0 Å². The average Bonchev–Trinajstić information content (AvgIpc) is 3.31. The molecule has 5 rings (SSSR count). The van der Waals surface area contributed by atoms with E-state index >= 15 is 0 Å². The summed E-state index contributed by atoms with van der Waals surface area (Å²) in [6.45, 7) is -0.561. The van der Waals surface area contributed by atoms with Crippen molar-refractivity contribution >= 4 is 29.6 Å². The van der Waals surface area contributed by atoms with Gasteiger partial charge in [-0.05, 0) is 71.4 Å². The van der Waals surface area contributed by atoms with Gasteiger partial charge in [0, 0.05) is 5.92 Å². The van der Waals surface area contributed by atoms with E-state index in [9.17, 15) is 34.1 Å². The molecule has 1 aliphatic carbocycles. The van der Waals surface area contributed by atoms with Gasteiger partial charge in [-0.2, -0.15) is 4.90 Å². The summed E-state index contributed by atoms with van der Waals surface area (Å²) in [7, 11) is 1.07. The molecule has 234 valence electrons. The number of aliphatic hydroxyl groups excluding tert-OH is 2. The number of hydrogen-bond donors (Lipinski definition) is 3. The van der Waals surface area contributed by atoms with Crippen molar-refractivity contribution in [2.45, 2.75) is 25.4 Å². The Morgan fingerprint density at radius 3 is 2.38 bits per heavy atom. The SMILES string of the molecule is COC(=O)N1C(=O)[C@@H]2[C@@H](CC(COc3ccccc3)=C([C@H](O)CC/C(=C/c3ccc(O)c(F)c3)c3ccccc3)[C@@H]2CO)C1=O. The van der Waals surface area contributed by atoms with E-state index in [0.717, 1.165) is 18.2 Å². The zero-order valence-electron chi connectivity index (χ0n) is 24.6. The molecule has 3 aromatic carbocycles. The molecule has 10 heteroatoms. The summed E-state index contributed by atoms with van der Waals surface area (Å²) in [5.74, 6) is -5.09. The second-order valence-corrected chi connectivity index (χ2v) is 11.1. The molecular formula is C35H34FNO8. The molecule has 1 saturated heterocycles. The van der Waals surface area contributed by atoms with Crippen molar-refractivity contribution in [2.75, 3.05) is 20.3 Å². The van der Waals surface area contributed by atoms with Gasteiger partial charge in [-0.1, -0.05) is 60.7 Å². The molecule has 9 nitrogen and oxygen atoms in total. The van der Waals surface area contributed by atoms with Gasteiger partial charge in [0.05, 0.1) is 31.7 Å². The fraction of sp³-hybridized carbons (Fsp3) is 0.286. The molecule has 0 unspecified atom stereocenters. The van der Waals surface area contributed by atoms with Gasteiger partial charge < -0.3 is 24.8 Å². The number of allylic oxidation sites excluding steroid dienone is 1. The number of ether oxygens (including phenoxy) is 2. The standard InChI is InChI=1S/C35H34FNO8/c1-44-35(43)37-33(41)26-18-24(20-45-25-10-6-3-7-11-25)31(27(19-38)32(26)34(37)42)30(40)15-13-23(22-8-4-2-5-9-22)16-21-12-14-29(39)28(36)17-21/h2-12,14,16-17,26-27,30,32,38-40H,13,15,18-20H2,1H3/b23-16-/t26-,27+,30-,32-/m1/s1. The number of benzene rings is 3. The second kappa shape index (κ2) is 13.9. The van der Waals surface area contributed by atoms with Gasteiger partial charge in [-0.25, -0.2) is 9.18 Å². The number of hydrogen-bond acceptors (Lipinski definition) is 8. The first-order valence-corrected chi connectivity index (χ1v) is 14.6. The van der Waals surface area contributed by atoms with Crippen LogP contribution in [0.4, 0.5) is 9.18 Å². The monoisotopic (exact) mass is 615 g/mol. The number of likely N-dealkylation sites (tertiary alicyclic amines) is 1. The van der Waals surface area contributed by atoms with Crippen LogP contribution in [0.2, 0.25) is 0 Å². The summed E-state index contributed by atoms with van der Waals surface area (Å²) in [5, 5.41) is 32.0. The minimum absolute atomic E-state index is 0.00993. The van der Waals surface area contributed by atoms with Gasteiger partial charge in [0.1, 0.15) is 12.4 Å². The second-order valence-electron chi connectivity index (χ2n) is 11.1. The number of methoxy groups -OCH3 is 1. The number of carbonyl (C=O) groups excluding carboxylic acids is 3. The summed E-state index contributed by atoms with van der Waals surface area (Å²) in [4.78, 5) is 39.5. The Balaban J connectivity index is 1.48. The Morgan fingerprint density at radius 1 is 1.04 bits per heavy atom. The van der Waals surface area contributed by atoms with Crippen molar-refractivity contribution in [3.05, 3.63) is 107 Å². The third-order valence-electron chi connectivity index (χ3n) is 8.40. The first-order valence-electron chi connectivity index (χ1n) is 14.6. The number of aromatic hydroxyl groups is 1. The molecule has 2 aliphatic rings. The topological polar surface area (TPSA) is 134 Å². The van der Waals surface area contributed by atoms with Crippen LogP contribution in [-0.2, 0) is 14.3 Å². The van der Waals surface area contributed by atoms with Gasteiger partial charge >= 0.3 is 6.09 Å². The van der Waals surface area contributed by atoms with E-state index in [1.165, 1.54) is 12.1 Å². The maximum atomic E-state index is 14.1. The highest BCUT2D eigenvalue weighted by atomic mass is 19.1. The molecule has 0 bridgehead atoms. The molecule has 1 fully saturated rings. The van der Waals surface area contributed by atoms with Crippen LogP contribution in [0.1, 0.15) is 30.4 Å². The van der Waals surface area contributed by atoms with Crippen LogP contribution in [0, 0.1) is 23.6 Å². The maximum Gasteiger partial charge on any atom is 0.423 e. The number of phenols is 1. The number of halogens is 1. The largest absolute Gasteiger partial charge is 0.505 e. The van der Waals surface area contributed by atoms with Crippen molar-refractivity contribution in [3.63, 3.8) is 0 Å². The third-order valence-corrected chi connectivity index (χ3v) is 8.40. The fourth-order valence-electron chi connectivity index (χ4n) is 6.26. The number of imide groups is 3. The predicted octanol–water partition coefficient (Wildman–Crippen LogP) is 4.97. The zero-order valence-corrected chi connectivity index (χ0v) is 24.6. The Kier molecular flexibility index (Phi) is 9.75. The number of para-hydroxylation sites is 1. The Labute approximate surface area is 259 Å². The van der Waals surface area contributed by atoms with Gasteiger partial charge in [0.2, 0.25) is 11.8 Å². The number of amides is 3. The lowest BCUT2D eigenvalue weighted by Gasteiger charge is -2.36. The minimum Gasteiger partial charge on any atom is -0.505 e. The molecule has 3 N–H and O–H groups in total. The normalized spacial score (nSPS) is 20.7. The van der Waals surface area contributed by atoms with Crippen molar-refractivity contribution < 1.29 is 43.6 Å². The molecule has 1 heterocycles. The van der Waals surface area contributed by atoms with Crippen LogP contribution in [-0.4, -0.2) is 64.6 Å². The van der Waals surface area contributed by atoms with Crippen LogP contribution in [0.5, 0.6) is 11.5 Å². The number of aliphatic hydroxyl groups is 2. The summed E-state index contributed by atoms with van der Waals surface area (Å²) >= 11 is 0. The van der Waals surface area contributed by atoms with E-state index < -0.39 is 59.9 Å². The van der Waals surface area contributed by atoms with E-state index in [-0.39, 0.29) is 19.4 Å². The van der Waals surface area contributed by atoms with E-state index in [1.807, 2.05) is 36.4 Å². The molecule has 45 heavy (non-hydrogen) atoms. The average molecular weight is 616 g/mol. The molecule has 0 radical (unpaired) electrons. The van der Waals surface area contributed by atoms with E-state index in [4.69, 9.17) is 4.74 Å². The lowest BCUT2D eigenvalue weighted by molar-refractivity contribution is -0.137. The van der Waals surface area contributed by atoms with E-state index in [1.54, 1.807) is 36.4 Å². The molecular weight excluding hydrogens is 581 g/mol. The molecule has 3 amide bonds. The van der Waals surface area contributed by atoms with Crippen LogP contribution in [0.3, 0.4) is 0 Å². The van der Waals surface area contributed by atoms with Crippen molar-refractivity contribution in [1.29, 1.82) is 0 Å². The van der Waals surface area contributed by atoms with Gasteiger partial charge in [-0.15, -0.1) is 0 Å². The molecule has 0 spiro atoms. The van der Waals surface area contributed by atoms with E-state index in [2.05, 4.69) is 4.74 Å². The van der Waals surface area contributed by atoms with Crippen LogP contribution in [0.25, 0.3) is 11.6 Å². The van der Waals surface area contributed by atoms with Crippen molar-refractivity contribution in [1.82, 2.24) is 4.90 Å². The Hall–Kier alpha value is -4.80. The highest BCUT2D eigenvalue weighted by Gasteiger charge is 2.57. The zero-order chi connectivity index (χ0) is 32.1. The number of phenolic OH excluding ortho intramolecular Hbond substituents is 1. The molecule has 0 saturated carbocycles. The summed E-state index contributed by atoms with van der Waals surface area (Å²) in [6, 6.07) is 22.4. The molecule has 3 aromatic rings. The smallest absolute Gasteiger partial charge is 0.423 e. The van der Waals surface area contributed by atoms with E-state index in [0.29, 0.717) is 33.8 Å². The fourth-order valence-corrected chi connectivity index (χ4v) is 6.26. The summed E-state index contributed by atoms with van der Waals surface area (Å²) in [5.41, 5.74) is 3.09. The molecule has 0 aromatic heterocycles. The first-order chi connectivity index (χ1) is 21.7. The molecule has 4 atom stereocenters. The number of rotatable bonds is 10. The number of nitrogens with zero attached hydrogens (tertiary/aromatic N) is 1. The lowest BCUT2D eigenvalue weighted by atomic mass is 9.68. The third kappa shape index (κ3) is 6.67. The Bertz CT molecular complexity index is 1620. The van der Waals surface area contributed by atoms with Gasteiger partial charge in [0.15, 0.2) is 11.6 Å². The number of fused-ring (bicyclic) bond motifs is 1. The maximum absolute atomic E-state index is 14.1. The van der Waals surface area contributed by atoms with Crippen LogP contribution >= 0.6 is 0 Å². The number of carbonyl (C=O) groups is 3. The first kappa shape index (κ1) is 31.6.